The summed E-state index contributed by atoms with van der Waals surface area (Å²) < 4.78 is 13.5. The number of halogens is 1. The van der Waals surface area contributed by atoms with Crippen molar-refractivity contribution in [3.05, 3.63) is 95.4 Å². The van der Waals surface area contributed by atoms with Gasteiger partial charge in [0.15, 0.2) is 0 Å². The Hall–Kier alpha value is -3.21. The number of aryl methyl sites for hydroxylation is 1. The lowest BCUT2D eigenvalue weighted by atomic mass is 10.0. The maximum absolute atomic E-state index is 13.5. The Bertz CT molecular complexity index is 986. The summed E-state index contributed by atoms with van der Waals surface area (Å²) in [5, 5.41) is 6.58. The lowest BCUT2D eigenvalue weighted by Gasteiger charge is -2.19. The summed E-state index contributed by atoms with van der Waals surface area (Å²) in [5.74, 6) is 0.522. The number of aromatic nitrogens is 1. The molecule has 0 amide bonds. The van der Waals surface area contributed by atoms with Crippen LogP contribution >= 0.6 is 0 Å². The molecule has 0 radical (unpaired) electrons. The van der Waals surface area contributed by atoms with Crippen LogP contribution in [0.4, 0.5) is 4.39 Å². The van der Waals surface area contributed by atoms with Gasteiger partial charge in [-0.25, -0.2) is 9.98 Å². The summed E-state index contributed by atoms with van der Waals surface area (Å²) in [7, 11) is 0. The van der Waals surface area contributed by atoms with E-state index in [1.165, 1.54) is 6.07 Å². The number of amidine groups is 1. The minimum absolute atomic E-state index is 0.379. The SMILES string of the molecule is C=C1C=C(c2cccc(F)n2)N=C(c2cc(CNC(=C)C(C)C)ccc2C)N1. The first-order valence-electron chi connectivity index (χ1n) is 9.25. The van der Waals surface area contributed by atoms with E-state index in [9.17, 15) is 4.39 Å². The minimum Gasteiger partial charge on any atom is -0.385 e. The first-order valence-corrected chi connectivity index (χ1v) is 9.25. The van der Waals surface area contributed by atoms with Crippen LogP contribution in [0.15, 0.2) is 72.0 Å². The molecule has 1 aromatic carbocycles. The van der Waals surface area contributed by atoms with Crippen LogP contribution in [-0.4, -0.2) is 10.8 Å². The van der Waals surface area contributed by atoms with Gasteiger partial charge in [0.25, 0.3) is 0 Å². The molecule has 3 rings (SSSR count). The van der Waals surface area contributed by atoms with Gasteiger partial charge >= 0.3 is 0 Å². The zero-order chi connectivity index (χ0) is 20.3. The van der Waals surface area contributed by atoms with E-state index in [0.717, 1.165) is 22.4 Å². The van der Waals surface area contributed by atoms with E-state index in [4.69, 9.17) is 0 Å². The number of hydrogen-bond acceptors (Lipinski definition) is 4. The topological polar surface area (TPSA) is 49.3 Å². The fourth-order valence-electron chi connectivity index (χ4n) is 2.80. The summed E-state index contributed by atoms with van der Waals surface area (Å²) in [6.45, 7) is 15.0. The third-order valence-corrected chi connectivity index (χ3v) is 4.57. The van der Waals surface area contributed by atoms with Crippen molar-refractivity contribution in [1.29, 1.82) is 0 Å². The van der Waals surface area contributed by atoms with Crippen molar-refractivity contribution in [2.24, 2.45) is 10.9 Å². The highest BCUT2D eigenvalue weighted by Crippen LogP contribution is 2.22. The smallest absolute Gasteiger partial charge is 0.213 e. The second-order valence-corrected chi connectivity index (χ2v) is 7.17. The highest BCUT2D eigenvalue weighted by molar-refractivity contribution is 6.05. The van der Waals surface area contributed by atoms with Crippen molar-refractivity contribution in [2.45, 2.75) is 27.3 Å². The molecule has 0 spiro atoms. The lowest BCUT2D eigenvalue weighted by Crippen LogP contribution is -2.27. The summed E-state index contributed by atoms with van der Waals surface area (Å²) in [6, 6.07) is 10.9. The third kappa shape index (κ3) is 4.55. The number of allylic oxidation sites excluding steroid dienone is 2. The summed E-state index contributed by atoms with van der Waals surface area (Å²) in [4.78, 5) is 8.61. The molecule has 0 aliphatic carbocycles. The average Bonchev–Trinajstić information content (AvgIpc) is 2.66. The van der Waals surface area contributed by atoms with Crippen molar-refractivity contribution in [3.8, 4) is 0 Å². The van der Waals surface area contributed by atoms with Crippen molar-refractivity contribution in [3.63, 3.8) is 0 Å². The van der Waals surface area contributed by atoms with E-state index in [-0.39, 0.29) is 0 Å². The van der Waals surface area contributed by atoms with E-state index in [0.29, 0.717) is 35.4 Å². The minimum atomic E-state index is -0.533. The normalized spacial score (nSPS) is 13.7. The maximum atomic E-state index is 13.5. The van der Waals surface area contributed by atoms with Gasteiger partial charge in [0.1, 0.15) is 5.84 Å². The van der Waals surface area contributed by atoms with Crippen LogP contribution in [0.2, 0.25) is 0 Å². The number of rotatable bonds is 6. The van der Waals surface area contributed by atoms with Gasteiger partial charge in [0.05, 0.1) is 11.4 Å². The molecule has 0 bridgehead atoms. The van der Waals surface area contributed by atoms with E-state index in [1.54, 1.807) is 18.2 Å². The average molecular weight is 376 g/mol. The third-order valence-electron chi connectivity index (χ3n) is 4.57. The molecule has 144 valence electrons. The molecule has 5 heteroatoms. The lowest BCUT2D eigenvalue weighted by molar-refractivity contribution is 0.582. The highest BCUT2D eigenvalue weighted by Gasteiger charge is 2.16. The summed E-state index contributed by atoms with van der Waals surface area (Å²) >= 11 is 0. The molecule has 28 heavy (non-hydrogen) atoms. The molecule has 0 saturated heterocycles. The molecule has 0 fully saturated rings. The Labute approximate surface area is 165 Å². The van der Waals surface area contributed by atoms with Crippen LogP contribution in [0.3, 0.4) is 0 Å². The Morgan fingerprint density at radius 2 is 2.04 bits per heavy atom. The molecule has 2 heterocycles. The van der Waals surface area contributed by atoms with Gasteiger partial charge in [-0.3, -0.25) is 0 Å². The van der Waals surface area contributed by atoms with Gasteiger partial charge in [0, 0.05) is 23.5 Å². The maximum Gasteiger partial charge on any atom is 0.213 e. The first-order chi connectivity index (χ1) is 13.3. The van der Waals surface area contributed by atoms with Crippen molar-refractivity contribution < 1.29 is 4.39 Å². The first kappa shape index (κ1) is 19.5. The van der Waals surface area contributed by atoms with Gasteiger partial charge in [0.2, 0.25) is 5.95 Å². The van der Waals surface area contributed by atoms with E-state index in [2.05, 4.69) is 65.8 Å². The van der Waals surface area contributed by atoms with Gasteiger partial charge in [-0.05, 0) is 48.2 Å². The van der Waals surface area contributed by atoms with Crippen LogP contribution in [0.25, 0.3) is 5.70 Å². The van der Waals surface area contributed by atoms with Gasteiger partial charge < -0.3 is 10.6 Å². The van der Waals surface area contributed by atoms with Crippen LogP contribution in [0, 0.1) is 18.8 Å². The van der Waals surface area contributed by atoms with Crippen molar-refractivity contribution in [1.82, 2.24) is 15.6 Å². The molecule has 0 atom stereocenters. The molecular formula is C23H25FN4. The molecule has 2 aromatic rings. The Kier molecular flexibility index (Phi) is 5.73. The van der Waals surface area contributed by atoms with Crippen molar-refractivity contribution >= 4 is 11.5 Å². The fraction of sp³-hybridized carbons (Fsp3) is 0.217. The number of nitrogens with zero attached hydrogens (tertiary/aromatic N) is 2. The Morgan fingerprint density at radius 3 is 2.75 bits per heavy atom. The fourth-order valence-corrected chi connectivity index (χ4v) is 2.80. The zero-order valence-corrected chi connectivity index (χ0v) is 16.5. The predicted molar refractivity (Wildman–Crippen MR) is 113 cm³/mol. The predicted octanol–water partition coefficient (Wildman–Crippen LogP) is 4.69. The molecule has 0 unspecified atom stereocenters. The number of hydrogen-bond donors (Lipinski definition) is 2. The molecule has 1 aliphatic rings. The monoisotopic (exact) mass is 376 g/mol. The van der Waals surface area contributed by atoms with Crippen LogP contribution in [0.5, 0.6) is 0 Å². The zero-order valence-electron chi connectivity index (χ0n) is 16.5. The van der Waals surface area contributed by atoms with E-state index >= 15 is 0 Å². The largest absolute Gasteiger partial charge is 0.385 e. The van der Waals surface area contributed by atoms with Crippen LogP contribution in [-0.2, 0) is 6.54 Å². The highest BCUT2D eigenvalue weighted by atomic mass is 19.1. The Balaban J connectivity index is 1.91. The molecule has 0 saturated carbocycles. The number of benzene rings is 1. The second-order valence-electron chi connectivity index (χ2n) is 7.17. The quantitative estimate of drug-likeness (QED) is 0.719. The van der Waals surface area contributed by atoms with Gasteiger partial charge in [-0.15, -0.1) is 0 Å². The molecule has 1 aliphatic heterocycles. The molecule has 2 N–H and O–H groups in total. The molecule has 4 nitrogen and oxygen atoms in total. The molecule has 1 aromatic heterocycles. The van der Waals surface area contributed by atoms with Crippen LogP contribution in [0.1, 0.15) is 36.2 Å². The second kappa shape index (κ2) is 8.21. The number of aliphatic imine (C=N–C) groups is 1. The Morgan fingerprint density at radius 1 is 1.25 bits per heavy atom. The molecular weight excluding hydrogens is 351 g/mol. The van der Waals surface area contributed by atoms with Crippen molar-refractivity contribution in [2.75, 3.05) is 0 Å². The standard InChI is InChI=1S/C23H25FN4/c1-14(2)17(5)25-13-18-10-9-15(3)19(12-18)23-26-16(4)11-21(28-23)20-7-6-8-22(24)27-20/h6-12,14,25H,4-5,13H2,1-3H3,(H,26,28). The number of pyridine rings is 1. The number of nitrogens with one attached hydrogen (secondary N) is 2. The van der Waals surface area contributed by atoms with E-state index < -0.39 is 5.95 Å². The van der Waals surface area contributed by atoms with Gasteiger partial charge in [-0.2, -0.15) is 4.39 Å². The van der Waals surface area contributed by atoms with Crippen LogP contribution < -0.4 is 10.6 Å². The summed E-state index contributed by atoms with van der Waals surface area (Å²) in [5.41, 5.74) is 5.92. The van der Waals surface area contributed by atoms with E-state index in [1.807, 2.05) is 6.92 Å². The summed E-state index contributed by atoms with van der Waals surface area (Å²) in [6.07, 6.45) is 1.76. The van der Waals surface area contributed by atoms with Gasteiger partial charge in [-0.1, -0.05) is 45.2 Å².